The second kappa shape index (κ2) is 10.1. The third kappa shape index (κ3) is 5.75. The van der Waals surface area contributed by atoms with E-state index in [-0.39, 0.29) is 13.1 Å². The van der Waals surface area contributed by atoms with Crippen LogP contribution >= 0.6 is 11.3 Å². The number of nitrogens with one attached hydrogen (secondary N) is 1. The lowest BCUT2D eigenvalue weighted by Gasteiger charge is -2.29. The number of esters is 1. The van der Waals surface area contributed by atoms with Gasteiger partial charge in [0.05, 0.1) is 20.1 Å². The summed E-state index contributed by atoms with van der Waals surface area (Å²) in [4.78, 5) is 24.5. The Kier molecular flexibility index (Phi) is 7.52. The number of carbonyl (C=O) groups excluding carboxylic acids is 2. The lowest BCUT2D eigenvalue weighted by Crippen LogP contribution is -2.40. The van der Waals surface area contributed by atoms with Crippen molar-refractivity contribution in [1.82, 2.24) is 4.31 Å². The summed E-state index contributed by atoms with van der Waals surface area (Å²) in [6.07, 6.45) is 0.691. The number of anilines is 1. The first-order valence-corrected chi connectivity index (χ1v) is 11.9. The Morgan fingerprint density at radius 1 is 1.13 bits per heavy atom. The van der Waals surface area contributed by atoms with E-state index in [1.807, 2.05) is 0 Å². The molecule has 1 amide bonds. The smallest absolute Gasteiger partial charge is 0.309 e. The maximum Gasteiger partial charge on any atom is 0.309 e. The summed E-state index contributed by atoms with van der Waals surface area (Å²) < 4.78 is 42.2. The Labute approximate surface area is 185 Å². The fourth-order valence-corrected chi connectivity index (χ4v) is 5.81. The van der Waals surface area contributed by atoms with Crippen molar-refractivity contribution in [2.24, 2.45) is 5.92 Å². The molecule has 0 unspecified atom stereocenters. The van der Waals surface area contributed by atoms with Gasteiger partial charge in [-0.3, -0.25) is 9.59 Å². The minimum Gasteiger partial charge on any atom is -0.497 e. The van der Waals surface area contributed by atoms with E-state index < -0.39 is 34.4 Å². The van der Waals surface area contributed by atoms with Gasteiger partial charge in [-0.2, -0.15) is 4.31 Å². The number of piperidine rings is 1. The van der Waals surface area contributed by atoms with Gasteiger partial charge in [-0.25, -0.2) is 8.42 Å². The maximum atomic E-state index is 12.6. The summed E-state index contributed by atoms with van der Waals surface area (Å²) >= 11 is 1.17. The molecule has 2 heterocycles. The molecular formula is C20H24N2O7S2. The Hall–Kier alpha value is -2.63. The van der Waals surface area contributed by atoms with Gasteiger partial charge in [0.2, 0.25) is 0 Å². The molecule has 1 aromatic heterocycles. The van der Waals surface area contributed by atoms with Gasteiger partial charge in [-0.05, 0) is 24.3 Å². The van der Waals surface area contributed by atoms with Crippen molar-refractivity contribution in [2.45, 2.75) is 17.1 Å². The van der Waals surface area contributed by atoms with Gasteiger partial charge in [0, 0.05) is 37.0 Å². The normalized spacial score (nSPS) is 15.3. The van der Waals surface area contributed by atoms with E-state index in [0.717, 1.165) is 0 Å². The van der Waals surface area contributed by atoms with Crippen LogP contribution in [-0.4, -0.2) is 58.5 Å². The number of hydrogen-bond donors (Lipinski definition) is 1. The van der Waals surface area contributed by atoms with Crippen molar-refractivity contribution in [3.05, 3.63) is 35.7 Å². The molecule has 11 heteroatoms. The van der Waals surface area contributed by atoms with Crippen LogP contribution in [0, 0.1) is 5.92 Å². The Morgan fingerprint density at radius 3 is 2.32 bits per heavy atom. The number of ether oxygens (including phenoxy) is 3. The lowest BCUT2D eigenvalue weighted by molar-refractivity contribution is -0.152. The van der Waals surface area contributed by atoms with Crippen LogP contribution in [0.1, 0.15) is 12.8 Å². The van der Waals surface area contributed by atoms with Gasteiger partial charge in [0.1, 0.15) is 15.7 Å². The third-order valence-corrected chi connectivity index (χ3v) is 8.13. The van der Waals surface area contributed by atoms with Crippen LogP contribution in [0.3, 0.4) is 0 Å². The van der Waals surface area contributed by atoms with E-state index in [4.69, 9.17) is 14.2 Å². The SMILES string of the molecule is COc1cc(NC(=O)COC(=O)C2CCN(S(=O)(=O)c3cccs3)CC2)cc(OC)c1. The standard InChI is InChI=1S/C20H24N2O7S2/c1-27-16-10-15(11-17(12-16)28-2)21-18(23)13-29-20(24)14-5-7-22(8-6-14)31(25,26)19-4-3-9-30-19/h3-4,9-12,14H,5-8,13H2,1-2H3,(H,21,23). The molecule has 3 rings (SSSR count). The molecule has 168 valence electrons. The summed E-state index contributed by atoms with van der Waals surface area (Å²) in [6, 6.07) is 8.16. The van der Waals surface area contributed by atoms with Crippen molar-refractivity contribution in [2.75, 3.05) is 39.2 Å². The van der Waals surface area contributed by atoms with E-state index in [1.165, 1.54) is 29.9 Å². The zero-order valence-corrected chi connectivity index (χ0v) is 18.8. The summed E-state index contributed by atoms with van der Waals surface area (Å²) in [5.41, 5.74) is 0.448. The predicted molar refractivity (Wildman–Crippen MR) is 115 cm³/mol. The second-order valence-electron chi connectivity index (χ2n) is 6.87. The van der Waals surface area contributed by atoms with Gasteiger partial charge in [0.25, 0.3) is 15.9 Å². The maximum absolute atomic E-state index is 12.6. The zero-order valence-electron chi connectivity index (χ0n) is 17.2. The molecule has 0 aliphatic carbocycles. The van der Waals surface area contributed by atoms with Crippen molar-refractivity contribution < 1.29 is 32.2 Å². The molecule has 0 radical (unpaired) electrons. The van der Waals surface area contributed by atoms with E-state index in [9.17, 15) is 18.0 Å². The highest BCUT2D eigenvalue weighted by atomic mass is 32.2. The van der Waals surface area contributed by atoms with Gasteiger partial charge in [-0.15, -0.1) is 11.3 Å². The lowest BCUT2D eigenvalue weighted by atomic mass is 9.98. The Bertz CT molecular complexity index is 992. The summed E-state index contributed by atoms with van der Waals surface area (Å²) in [5, 5.41) is 4.34. The number of methoxy groups -OCH3 is 2. The Balaban J connectivity index is 1.48. The molecule has 2 aromatic rings. The fourth-order valence-electron chi connectivity index (χ4n) is 3.20. The number of amides is 1. The number of thiophene rings is 1. The number of carbonyl (C=O) groups is 2. The van der Waals surface area contributed by atoms with Crippen molar-refractivity contribution in [3.8, 4) is 11.5 Å². The van der Waals surface area contributed by atoms with E-state index in [2.05, 4.69) is 5.32 Å². The van der Waals surface area contributed by atoms with Crippen LogP contribution in [0.2, 0.25) is 0 Å². The molecule has 1 N–H and O–H groups in total. The topological polar surface area (TPSA) is 111 Å². The van der Waals surface area contributed by atoms with Gasteiger partial charge in [0.15, 0.2) is 6.61 Å². The van der Waals surface area contributed by atoms with Crippen molar-refractivity contribution in [1.29, 1.82) is 0 Å². The highest BCUT2D eigenvalue weighted by Gasteiger charge is 2.33. The minimum absolute atomic E-state index is 0.232. The first-order valence-electron chi connectivity index (χ1n) is 9.56. The molecule has 0 spiro atoms. The number of sulfonamides is 1. The van der Waals surface area contributed by atoms with Crippen molar-refractivity contribution >= 4 is 38.9 Å². The highest BCUT2D eigenvalue weighted by molar-refractivity contribution is 7.91. The number of benzene rings is 1. The quantitative estimate of drug-likeness (QED) is 0.592. The van der Waals surface area contributed by atoms with Crippen LogP contribution in [0.5, 0.6) is 11.5 Å². The third-order valence-electron chi connectivity index (χ3n) is 4.86. The molecule has 1 aliphatic heterocycles. The summed E-state index contributed by atoms with van der Waals surface area (Å²) in [7, 11) is -0.526. The van der Waals surface area contributed by atoms with E-state index in [1.54, 1.807) is 35.7 Å². The second-order valence-corrected chi connectivity index (χ2v) is 9.98. The van der Waals surface area contributed by atoms with Gasteiger partial charge < -0.3 is 19.5 Å². The molecule has 31 heavy (non-hydrogen) atoms. The van der Waals surface area contributed by atoms with Crippen LogP contribution < -0.4 is 14.8 Å². The average molecular weight is 469 g/mol. The molecule has 1 aliphatic rings. The fraction of sp³-hybridized carbons (Fsp3) is 0.400. The molecule has 0 saturated carbocycles. The minimum atomic E-state index is -3.52. The molecule has 0 bridgehead atoms. The summed E-state index contributed by atoms with van der Waals surface area (Å²) in [6.45, 7) is 0.0255. The number of nitrogens with zero attached hydrogens (tertiary/aromatic N) is 1. The average Bonchev–Trinajstić information content (AvgIpc) is 3.33. The zero-order chi connectivity index (χ0) is 22.4. The van der Waals surface area contributed by atoms with Gasteiger partial charge in [-0.1, -0.05) is 6.07 Å². The molecule has 1 fully saturated rings. The highest BCUT2D eigenvalue weighted by Crippen LogP contribution is 2.27. The summed E-state index contributed by atoms with van der Waals surface area (Å²) in [5.74, 6) is -0.431. The molecule has 0 atom stereocenters. The first-order chi connectivity index (χ1) is 14.8. The monoisotopic (exact) mass is 468 g/mol. The molecule has 9 nitrogen and oxygen atoms in total. The largest absolute Gasteiger partial charge is 0.497 e. The van der Waals surface area contributed by atoms with Crippen molar-refractivity contribution in [3.63, 3.8) is 0 Å². The Morgan fingerprint density at radius 2 is 1.77 bits per heavy atom. The van der Waals surface area contributed by atoms with Crippen LogP contribution in [0.4, 0.5) is 5.69 Å². The number of hydrogen-bond acceptors (Lipinski definition) is 8. The predicted octanol–water partition coefficient (Wildman–Crippen LogP) is 2.35. The number of rotatable bonds is 8. The van der Waals surface area contributed by atoms with Crippen LogP contribution in [-0.2, 0) is 24.3 Å². The molecule has 1 saturated heterocycles. The molecule has 1 aromatic carbocycles. The van der Waals surface area contributed by atoms with Crippen LogP contribution in [0.15, 0.2) is 39.9 Å². The molecular weight excluding hydrogens is 444 g/mol. The van der Waals surface area contributed by atoms with E-state index >= 15 is 0 Å². The van der Waals surface area contributed by atoms with E-state index in [0.29, 0.717) is 34.2 Å². The van der Waals surface area contributed by atoms with Gasteiger partial charge >= 0.3 is 5.97 Å². The van der Waals surface area contributed by atoms with Crippen LogP contribution in [0.25, 0.3) is 0 Å². The first kappa shape index (κ1) is 23.0.